The number of nitrogens with zero attached hydrogens (tertiary/aromatic N) is 2. The van der Waals surface area contributed by atoms with E-state index in [9.17, 15) is 0 Å². The summed E-state index contributed by atoms with van der Waals surface area (Å²) in [6.07, 6.45) is 1.70. The van der Waals surface area contributed by atoms with E-state index in [1.807, 2.05) is 4.57 Å². The molecule has 0 amide bonds. The Labute approximate surface area is 87.4 Å². The fourth-order valence-corrected chi connectivity index (χ4v) is 1.60. The first-order chi connectivity index (χ1) is 6.68. The highest BCUT2D eigenvalue weighted by Gasteiger charge is 2.02. The van der Waals surface area contributed by atoms with Crippen LogP contribution in [0.4, 0.5) is 0 Å². The first-order valence-corrected chi connectivity index (χ1v) is 4.79. The lowest BCUT2D eigenvalue weighted by atomic mass is 10.1. The Balaban J connectivity index is 2.68. The number of aryl methyl sites for hydroxylation is 2. The van der Waals surface area contributed by atoms with Crippen LogP contribution in [0, 0.1) is 18.6 Å². The molecule has 0 saturated heterocycles. The quantitative estimate of drug-likeness (QED) is 0.726. The molecule has 0 aliphatic rings. The van der Waals surface area contributed by atoms with E-state index in [-0.39, 0.29) is 0 Å². The zero-order chi connectivity index (χ0) is 10.1. The Hall–Kier alpha value is -1.42. The van der Waals surface area contributed by atoms with Gasteiger partial charge in [-0.1, -0.05) is 12.1 Å². The van der Waals surface area contributed by atoms with E-state index in [0.29, 0.717) is 4.77 Å². The molecule has 1 N–H and O–H groups in total. The van der Waals surface area contributed by atoms with E-state index in [4.69, 9.17) is 12.2 Å². The van der Waals surface area contributed by atoms with Gasteiger partial charge in [0, 0.05) is 0 Å². The standard InChI is InChI=1S/C10H11N3S/c1-7-3-4-8(2)9(5-7)13-6-11-12-10(13)14/h3-6H,1-2H3,(H,12,14). The number of rotatable bonds is 1. The van der Waals surface area contributed by atoms with Gasteiger partial charge >= 0.3 is 0 Å². The Morgan fingerprint density at radius 3 is 2.79 bits per heavy atom. The van der Waals surface area contributed by atoms with Crippen molar-refractivity contribution in [2.75, 3.05) is 0 Å². The molecule has 2 rings (SSSR count). The fourth-order valence-electron chi connectivity index (χ4n) is 1.40. The van der Waals surface area contributed by atoms with Crippen molar-refractivity contribution >= 4 is 12.2 Å². The summed E-state index contributed by atoms with van der Waals surface area (Å²) in [5, 5.41) is 6.64. The van der Waals surface area contributed by atoms with Crippen LogP contribution in [0.3, 0.4) is 0 Å². The van der Waals surface area contributed by atoms with E-state index in [1.165, 1.54) is 11.1 Å². The predicted molar refractivity (Wildman–Crippen MR) is 58.2 cm³/mol. The first-order valence-electron chi connectivity index (χ1n) is 4.38. The molecule has 0 aliphatic heterocycles. The van der Waals surface area contributed by atoms with Gasteiger partial charge in [0.2, 0.25) is 0 Å². The average molecular weight is 205 g/mol. The maximum atomic E-state index is 5.12. The van der Waals surface area contributed by atoms with Gasteiger partial charge in [0.05, 0.1) is 5.69 Å². The Kier molecular flexibility index (Phi) is 2.21. The van der Waals surface area contributed by atoms with Gasteiger partial charge in [-0.05, 0) is 43.3 Å². The summed E-state index contributed by atoms with van der Waals surface area (Å²) in [6.45, 7) is 4.12. The fraction of sp³-hybridized carbons (Fsp3) is 0.200. The first kappa shape index (κ1) is 9.15. The molecule has 72 valence electrons. The van der Waals surface area contributed by atoms with Crippen molar-refractivity contribution < 1.29 is 0 Å². The van der Waals surface area contributed by atoms with E-state index in [1.54, 1.807) is 6.33 Å². The second-order valence-electron chi connectivity index (χ2n) is 3.32. The van der Waals surface area contributed by atoms with E-state index < -0.39 is 0 Å². The minimum Gasteiger partial charge on any atom is -0.274 e. The van der Waals surface area contributed by atoms with E-state index in [0.717, 1.165) is 5.69 Å². The van der Waals surface area contributed by atoms with Crippen molar-refractivity contribution in [2.24, 2.45) is 0 Å². The highest BCUT2D eigenvalue weighted by Crippen LogP contribution is 2.15. The van der Waals surface area contributed by atoms with Crippen LogP contribution in [-0.2, 0) is 0 Å². The molecule has 0 bridgehead atoms. The summed E-state index contributed by atoms with van der Waals surface area (Å²) in [5.74, 6) is 0. The molecule has 0 atom stereocenters. The lowest BCUT2D eigenvalue weighted by molar-refractivity contribution is 1.01. The Bertz CT molecular complexity index is 510. The second-order valence-corrected chi connectivity index (χ2v) is 3.71. The average Bonchev–Trinajstić information content (AvgIpc) is 2.56. The van der Waals surface area contributed by atoms with Crippen LogP contribution in [0.5, 0.6) is 0 Å². The van der Waals surface area contributed by atoms with Gasteiger partial charge in [0.15, 0.2) is 4.77 Å². The normalized spacial score (nSPS) is 10.4. The number of hydrogen-bond donors (Lipinski definition) is 1. The zero-order valence-electron chi connectivity index (χ0n) is 8.11. The third-order valence-corrected chi connectivity index (χ3v) is 2.46. The molecule has 3 nitrogen and oxygen atoms in total. The molecule has 1 heterocycles. The lowest BCUT2D eigenvalue weighted by Crippen LogP contribution is -1.96. The third-order valence-electron chi connectivity index (χ3n) is 2.18. The number of nitrogens with one attached hydrogen (secondary N) is 1. The van der Waals surface area contributed by atoms with E-state index in [2.05, 4.69) is 42.2 Å². The van der Waals surface area contributed by atoms with Crippen molar-refractivity contribution in [1.29, 1.82) is 0 Å². The minimum absolute atomic E-state index is 0.624. The molecular weight excluding hydrogens is 194 g/mol. The molecule has 14 heavy (non-hydrogen) atoms. The predicted octanol–water partition coefficient (Wildman–Crippen LogP) is 2.55. The van der Waals surface area contributed by atoms with Gasteiger partial charge in [-0.2, -0.15) is 5.10 Å². The molecule has 1 aromatic carbocycles. The number of hydrogen-bond acceptors (Lipinski definition) is 2. The molecule has 0 aliphatic carbocycles. The lowest BCUT2D eigenvalue weighted by Gasteiger charge is -2.06. The summed E-state index contributed by atoms with van der Waals surface area (Å²) in [5.41, 5.74) is 3.49. The minimum atomic E-state index is 0.624. The SMILES string of the molecule is Cc1ccc(C)c(-n2cn[nH]c2=S)c1. The third kappa shape index (κ3) is 1.48. The van der Waals surface area contributed by atoms with Crippen molar-refractivity contribution in [2.45, 2.75) is 13.8 Å². The molecule has 1 aromatic heterocycles. The summed E-state index contributed by atoms with van der Waals surface area (Å²) >= 11 is 5.12. The van der Waals surface area contributed by atoms with Crippen LogP contribution in [0.2, 0.25) is 0 Å². The Morgan fingerprint density at radius 1 is 1.36 bits per heavy atom. The summed E-state index contributed by atoms with van der Waals surface area (Å²) < 4.78 is 2.50. The molecule has 0 unspecified atom stereocenters. The van der Waals surface area contributed by atoms with E-state index >= 15 is 0 Å². The van der Waals surface area contributed by atoms with Crippen LogP contribution in [0.1, 0.15) is 11.1 Å². The monoisotopic (exact) mass is 205 g/mol. The smallest absolute Gasteiger partial charge is 0.199 e. The van der Waals surface area contributed by atoms with Crippen LogP contribution >= 0.6 is 12.2 Å². The highest BCUT2D eigenvalue weighted by molar-refractivity contribution is 7.71. The van der Waals surface area contributed by atoms with Crippen LogP contribution in [0.25, 0.3) is 5.69 Å². The summed E-state index contributed by atoms with van der Waals surface area (Å²) in [7, 11) is 0. The van der Waals surface area contributed by atoms with Gasteiger partial charge < -0.3 is 0 Å². The molecule has 4 heteroatoms. The zero-order valence-corrected chi connectivity index (χ0v) is 8.93. The van der Waals surface area contributed by atoms with Gasteiger partial charge in [-0.15, -0.1) is 0 Å². The highest BCUT2D eigenvalue weighted by atomic mass is 32.1. The molecule has 0 fully saturated rings. The van der Waals surface area contributed by atoms with Crippen molar-refractivity contribution in [1.82, 2.24) is 14.8 Å². The maximum Gasteiger partial charge on any atom is 0.199 e. The number of benzene rings is 1. The van der Waals surface area contributed by atoms with Crippen LogP contribution in [-0.4, -0.2) is 14.8 Å². The largest absolute Gasteiger partial charge is 0.274 e. The number of H-pyrrole nitrogens is 1. The maximum absolute atomic E-state index is 5.12. The van der Waals surface area contributed by atoms with Gasteiger partial charge in [0.25, 0.3) is 0 Å². The number of aromatic amines is 1. The van der Waals surface area contributed by atoms with Crippen molar-refractivity contribution in [3.8, 4) is 5.69 Å². The van der Waals surface area contributed by atoms with Gasteiger partial charge in [-0.3, -0.25) is 9.67 Å². The van der Waals surface area contributed by atoms with Crippen LogP contribution in [0.15, 0.2) is 24.5 Å². The molecule has 0 spiro atoms. The van der Waals surface area contributed by atoms with Gasteiger partial charge in [-0.25, -0.2) is 0 Å². The summed E-state index contributed by atoms with van der Waals surface area (Å²) in [6, 6.07) is 6.27. The van der Waals surface area contributed by atoms with Gasteiger partial charge in [0.1, 0.15) is 6.33 Å². The summed E-state index contributed by atoms with van der Waals surface area (Å²) in [4.78, 5) is 0. The van der Waals surface area contributed by atoms with Crippen LogP contribution < -0.4 is 0 Å². The van der Waals surface area contributed by atoms with Crippen molar-refractivity contribution in [3.05, 3.63) is 40.4 Å². The molecule has 0 saturated carbocycles. The Morgan fingerprint density at radius 2 is 2.14 bits per heavy atom. The number of aromatic nitrogens is 3. The molecular formula is C10H11N3S. The molecule has 2 aromatic rings. The topological polar surface area (TPSA) is 33.6 Å². The molecule has 0 radical (unpaired) electrons. The second kappa shape index (κ2) is 3.38. The van der Waals surface area contributed by atoms with Crippen molar-refractivity contribution in [3.63, 3.8) is 0 Å².